The van der Waals surface area contributed by atoms with Gasteiger partial charge in [0, 0.05) is 24.3 Å². The Balaban J connectivity index is 0.000000344. The zero-order valence-corrected chi connectivity index (χ0v) is 17.3. The summed E-state index contributed by atoms with van der Waals surface area (Å²) in [6, 6.07) is 25.5. The quantitative estimate of drug-likeness (QED) is 0.222. The predicted molar refractivity (Wildman–Crippen MR) is 117 cm³/mol. The number of pyridine rings is 1. The van der Waals surface area contributed by atoms with Crippen molar-refractivity contribution in [2.45, 2.75) is 6.18 Å². The van der Waals surface area contributed by atoms with E-state index in [-0.39, 0.29) is 10.6 Å². The van der Waals surface area contributed by atoms with E-state index in [1.54, 1.807) is 24.3 Å². The highest BCUT2D eigenvalue weighted by molar-refractivity contribution is 6.02. The number of nitrogens with zero attached hydrogens (tertiary/aromatic N) is 2. The van der Waals surface area contributed by atoms with E-state index < -0.39 is 12.1 Å². The Bertz CT molecular complexity index is 1450. The normalized spacial score (nSPS) is 13.1. The highest BCUT2D eigenvalue weighted by Gasteiger charge is 2.33. The maximum absolute atomic E-state index is 10.9. The van der Waals surface area contributed by atoms with Crippen LogP contribution in [0.15, 0.2) is 85.1 Å². The first-order valence-electron chi connectivity index (χ1n) is 9.94. The number of fused-ring (bicyclic) bond motifs is 5. The van der Waals surface area contributed by atoms with Gasteiger partial charge in [-0.1, -0.05) is 30.3 Å². The summed E-state index contributed by atoms with van der Waals surface area (Å²) in [6.07, 6.45) is -0.985. The fourth-order valence-corrected chi connectivity index (χ4v) is 3.74. The van der Waals surface area contributed by atoms with Crippen molar-refractivity contribution in [2.24, 2.45) is 0 Å². The fourth-order valence-electron chi connectivity index (χ4n) is 3.74. The van der Waals surface area contributed by atoms with Gasteiger partial charge >= 0.3 is 6.18 Å². The number of non-ortho nitro benzene ring substituents is 1. The number of para-hydroxylation sites is 1. The van der Waals surface area contributed by atoms with Crippen LogP contribution < -0.4 is 9.67 Å². The molecule has 5 rings (SSSR count). The van der Waals surface area contributed by atoms with Gasteiger partial charge in [0.1, 0.15) is 5.97 Å². The Morgan fingerprint density at radius 2 is 1.53 bits per heavy atom. The van der Waals surface area contributed by atoms with E-state index >= 15 is 0 Å². The number of carboxylic acid groups (broad SMARTS) is 1. The van der Waals surface area contributed by atoms with Gasteiger partial charge in [0.25, 0.3) is 5.69 Å². The van der Waals surface area contributed by atoms with Gasteiger partial charge < -0.3 is 9.90 Å². The van der Waals surface area contributed by atoms with Gasteiger partial charge in [-0.15, -0.1) is 0 Å². The van der Waals surface area contributed by atoms with Gasteiger partial charge in [-0.25, -0.2) is 0 Å². The Morgan fingerprint density at radius 3 is 2.18 bits per heavy atom. The highest BCUT2D eigenvalue weighted by atomic mass is 19.4. The molecule has 6 nitrogen and oxygen atoms in total. The second-order valence-electron chi connectivity index (χ2n) is 7.33. The topological polar surface area (TPSA) is 87.1 Å². The number of nitro benzene ring substituents is 1. The average Bonchev–Trinajstić information content (AvgIpc) is 3.13. The maximum atomic E-state index is 10.9. The molecule has 3 aromatic carbocycles. The molecule has 0 amide bonds. The van der Waals surface area contributed by atoms with Crippen LogP contribution in [0.5, 0.6) is 0 Å². The first-order valence-corrected chi connectivity index (χ1v) is 9.94. The van der Waals surface area contributed by atoms with Crippen LogP contribution in [0.2, 0.25) is 0 Å². The van der Waals surface area contributed by atoms with Crippen molar-refractivity contribution in [3.63, 3.8) is 0 Å². The number of hydrogen-bond acceptors (Lipinski definition) is 4. The monoisotopic (exact) mass is 464 g/mol. The summed E-state index contributed by atoms with van der Waals surface area (Å²) in [5.41, 5.74) is 5.61. The van der Waals surface area contributed by atoms with E-state index in [1.807, 2.05) is 18.2 Å². The molecule has 9 heteroatoms. The summed E-state index contributed by atoms with van der Waals surface area (Å²) in [6.45, 7) is 0. The highest BCUT2D eigenvalue weighted by Crippen LogP contribution is 2.36. The minimum absolute atomic E-state index is 0.101. The molecule has 4 aromatic rings. The third-order valence-corrected chi connectivity index (χ3v) is 5.22. The molecule has 1 aliphatic rings. The second kappa shape index (κ2) is 8.78. The number of carbonyl (C=O) groups is 1. The number of alkyl halides is 3. The van der Waals surface area contributed by atoms with Crippen molar-refractivity contribution in [3.8, 4) is 5.69 Å². The molecule has 0 fully saturated rings. The SMILES string of the molecule is O=C([O-])C(F)(F)F.O=[N+]([O-])c1ccc(/C=C2\c3ccccc3-[n+]3ccc4ccccc4c32)cc1. The molecule has 0 unspecified atom stereocenters. The van der Waals surface area contributed by atoms with E-state index in [0.29, 0.717) is 0 Å². The lowest BCUT2D eigenvalue weighted by Gasteiger charge is -2.03. The number of hydrogen-bond donors (Lipinski definition) is 0. The second-order valence-corrected chi connectivity index (χ2v) is 7.33. The molecular weight excluding hydrogens is 449 g/mol. The minimum atomic E-state index is -5.19. The number of aromatic nitrogens is 1. The molecule has 1 aliphatic heterocycles. The third-order valence-electron chi connectivity index (χ3n) is 5.22. The van der Waals surface area contributed by atoms with E-state index in [9.17, 15) is 23.3 Å². The Kier molecular flexibility index (Phi) is 5.85. The summed E-state index contributed by atoms with van der Waals surface area (Å²) in [7, 11) is 0. The van der Waals surface area contributed by atoms with Crippen molar-refractivity contribution in [3.05, 3.63) is 112 Å². The molecule has 2 heterocycles. The Morgan fingerprint density at radius 1 is 0.912 bits per heavy atom. The Hall–Kier alpha value is -4.53. The van der Waals surface area contributed by atoms with E-state index in [2.05, 4.69) is 53.2 Å². The lowest BCUT2D eigenvalue weighted by Crippen LogP contribution is -2.37. The summed E-state index contributed by atoms with van der Waals surface area (Å²) >= 11 is 0. The van der Waals surface area contributed by atoms with Crippen LogP contribution >= 0.6 is 0 Å². The summed E-state index contributed by atoms with van der Waals surface area (Å²) in [4.78, 5) is 19.3. The van der Waals surface area contributed by atoms with Crippen LogP contribution in [0.3, 0.4) is 0 Å². The van der Waals surface area contributed by atoms with Gasteiger partial charge in [0.05, 0.1) is 21.4 Å². The molecule has 0 radical (unpaired) electrons. The predicted octanol–water partition coefficient (Wildman–Crippen LogP) is 4.23. The number of carbonyl (C=O) groups excluding carboxylic acids is 1. The zero-order chi connectivity index (χ0) is 24.5. The van der Waals surface area contributed by atoms with E-state index in [0.717, 1.165) is 28.1 Å². The zero-order valence-electron chi connectivity index (χ0n) is 17.3. The standard InChI is InChI=1S/C23H15N2O2.C2HF3O2/c26-25(27)18-11-9-16(10-12-18)15-21-20-7-3-4-8-22(20)24-14-13-17-5-1-2-6-19(17)23(21)24;3-2(4,5)1(6)7/h1-15H;(H,6,7)/q+1;/p-1/b21-15+;. The van der Waals surface area contributed by atoms with Crippen LogP contribution in [0.4, 0.5) is 18.9 Å². The number of nitro groups is 1. The lowest BCUT2D eigenvalue weighted by atomic mass is 9.98. The molecule has 0 bridgehead atoms. The lowest BCUT2D eigenvalue weighted by molar-refractivity contribution is -0.592. The molecule has 0 aliphatic carbocycles. The van der Waals surface area contributed by atoms with Crippen molar-refractivity contribution < 1.29 is 32.6 Å². The van der Waals surface area contributed by atoms with Gasteiger partial charge in [0.15, 0.2) is 6.20 Å². The van der Waals surface area contributed by atoms with Crippen LogP contribution in [-0.2, 0) is 4.79 Å². The number of halogens is 3. The summed E-state index contributed by atoms with van der Waals surface area (Å²) in [5, 5.41) is 22.1. The number of benzene rings is 3. The molecular formula is C25H15F3N2O4. The van der Waals surface area contributed by atoms with Gasteiger partial charge in [0.2, 0.25) is 11.4 Å². The molecule has 0 atom stereocenters. The molecule has 34 heavy (non-hydrogen) atoms. The maximum Gasteiger partial charge on any atom is 0.430 e. The van der Waals surface area contributed by atoms with Crippen molar-refractivity contribution in [1.29, 1.82) is 0 Å². The third kappa shape index (κ3) is 4.36. The van der Waals surface area contributed by atoms with Crippen LogP contribution in [0.1, 0.15) is 16.8 Å². The molecule has 1 aromatic heterocycles. The number of aliphatic carboxylic acids is 1. The number of rotatable bonds is 2. The van der Waals surface area contributed by atoms with Crippen molar-refractivity contribution in [2.75, 3.05) is 0 Å². The molecule has 0 spiro atoms. The first kappa shape index (κ1) is 22.7. The molecule has 0 N–H and O–H groups in total. The van der Waals surface area contributed by atoms with Gasteiger partial charge in [-0.3, -0.25) is 10.1 Å². The van der Waals surface area contributed by atoms with Crippen molar-refractivity contribution in [1.82, 2.24) is 0 Å². The number of carboxylic acids is 1. The van der Waals surface area contributed by atoms with Crippen molar-refractivity contribution >= 4 is 34.1 Å². The molecule has 0 saturated heterocycles. The van der Waals surface area contributed by atoms with E-state index in [4.69, 9.17) is 9.90 Å². The fraction of sp³-hybridized carbons (Fsp3) is 0.0400. The van der Waals surface area contributed by atoms with E-state index in [1.165, 1.54) is 10.8 Å². The minimum Gasteiger partial charge on any atom is -0.542 e. The largest absolute Gasteiger partial charge is 0.542 e. The summed E-state index contributed by atoms with van der Waals surface area (Å²) < 4.78 is 33.8. The Labute approximate surface area is 191 Å². The van der Waals surface area contributed by atoms with Crippen LogP contribution in [0, 0.1) is 10.1 Å². The smallest absolute Gasteiger partial charge is 0.430 e. The molecule has 0 saturated carbocycles. The van der Waals surface area contributed by atoms with Gasteiger partial charge in [-0.2, -0.15) is 17.7 Å². The van der Waals surface area contributed by atoms with Crippen LogP contribution in [-0.4, -0.2) is 17.1 Å². The van der Waals surface area contributed by atoms with Gasteiger partial charge in [-0.05, 0) is 41.3 Å². The molecule has 170 valence electrons. The summed E-state index contributed by atoms with van der Waals surface area (Å²) in [5.74, 6) is -3.01. The average molecular weight is 464 g/mol. The first-order chi connectivity index (χ1) is 16.2. The van der Waals surface area contributed by atoms with Crippen LogP contribution in [0.25, 0.3) is 28.1 Å².